The van der Waals surface area contributed by atoms with E-state index in [0.717, 1.165) is 24.5 Å². The zero-order chi connectivity index (χ0) is 16.3. The van der Waals surface area contributed by atoms with Gasteiger partial charge in [0, 0.05) is 13.1 Å². The van der Waals surface area contributed by atoms with Crippen molar-refractivity contribution in [2.24, 2.45) is 0 Å². The number of hydrogen-bond acceptors (Lipinski definition) is 5. The van der Waals surface area contributed by atoms with Gasteiger partial charge in [0.2, 0.25) is 0 Å². The minimum absolute atomic E-state index is 0.224. The highest BCUT2D eigenvalue weighted by Crippen LogP contribution is 2.19. The van der Waals surface area contributed by atoms with Gasteiger partial charge in [-0.3, -0.25) is 4.72 Å². The lowest BCUT2D eigenvalue weighted by Gasteiger charge is -2.28. The number of pyridine rings is 1. The molecule has 1 aliphatic rings. The third kappa shape index (κ3) is 3.80. The van der Waals surface area contributed by atoms with Gasteiger partial charge in [-0.2, -0.15) is 0 Å². The largest absolute Gasteiger partial charge is 0.378 e. The molecule has 0 radical (unpaired) electrons. The lowest BCUT2D eigenvalue weighted by atomic mass is 10.2. The number of benzene rings is 1. The second-order valence-corrected chi connectivity index (χ2v) is 7.08. The minimum atomic E-state index is -3.63. The Morgan fingerprint density at radius 2 is 1.78 bits per heavy atom. The summed E-state index contributed by atoms with van der Waals surface area (Å²) in [4.78, 5) is 6.71. The number of nitrogens with one attached hydrogen (secondary N) is 1. The van der Waals surface area contributed by atoms with Gasteiger partial charge in [-0.25, -0.2) is 13.4 Å². The molecule has 1 aromatic carbocycles. The molecule has 6 nitrogen and oxygen atoms in total. The summed E-state index contributed by atoms with van der Waals surface area (Å²) in [7, 11) is -3.63. The standard InChI is InChI=1S/C16H19N3O3S/c1-13-5-7-14(8-6-13)23(20,21)18-15-3-2-4-16(17-15)19-9-11-22-12-10-19/h2-8H,9-12H2,1H3,(H,17,18). The van der Waals surface area contributed by atoms with Crippen molar-refractivity contribution in [2.45, 2.75) is 11.8 Å². The van der Waals surface area contributed by atoms with Crippen LogP contribution in [0.3, 0.4) is 0 Å². The number of hydrogen-bond donors (Lipinski definition) is 1. The van der Waals surface area contributed by atoms with Gasteiger partial charge in [0.1, 0.15) is 11.6 Å². The molecule has 0 amide bonds. The first-order valence-electron chi connectivity index (χ1n) is 7.44. The maximum absolute atomic E-state index is 12.4. The van der Waals surface area contributed by atoms with Crippen LogP contribution in [0.2, 0.25) is 0 Å². The molecule has 0 aliphatic carbocycles. The van der Waals surface area contributed by atoms with Gasteiger partial charge >= 0.3 is 0 Å². The SMILES string of the molecule is Cc1ccc(S(=O)(=O)Nc2cccc(N3CCOCC3)n2)cc1. The molecule has 7 heteroatoms. The summed E-state index contributed by atoms with van der Waals surface area (Å²) in [5, 5.41) is 0. The van der Waals surface area contributed by atoms with Crippen molar-refractivity contribution in [1.82, 2.24) is 4.98 Å². The number of morpholine rings is 1. The zero-order valence-corrected chi connectivity index (χ0v) is 13.7. The summed E-state index contributed by atoms with van der Waals surface area (Å²) in [6, 6.07) is 12.0. The number of aryl methyl sites for hydroxylation is 1. The highest BCUT2D eigenvalue weighted by atomic mass is 32.2. The van der Waals surface area contributed by atoms with Gasteiger partial charge in [-0.05, 0) is 31.2 Å². The van der Waals surface area contributed by atoms with Crippen molar-refractivity contribution in [3.8, 4) is 0 Å². The Morgan fingerprint density at radius 1 is 1.09 bits per heavy atom. The Labute approximate surface area is 136 Å². The first-order chi connectivity index (χ1) is 11.0. The maximum atomic E-state index is 12.4. The highest BCUT2D eigenvalue weighted by molar-refractivity contribution is 7.92. The first-order valence-corrected chi connectivity index (χ1v) is 8.92. The molecule has 3 rings (SSSR count). The van der Waals surface area contributed by atoms with Crippen LogP contribution in [-0.2, 0) is 14.8 Å². The Balaban J connectivity index is 1.80. The molecule has 1 aromatic heterocycles. The van der Waals surface area contributed by atoms with Crippen LogP contribution in [-0.4, -0.2) is 39.7 Å². The van der Waals surface area contributed by atoms with E-state index in [1.807, 2.05) is 13.0 Å². The van der Waals surface area contributed by atoms with Crippen molar-refractivity contribution in [2.75, 3.05) is 35.9 Å². The topological polar surface area (TPSA) is 71.5 Å². The van der Waals surface area contributed by atoms with Crippen LogP contribution in [0, 0.1) is 6.92 Å². The normalized spacial score (nSPS) is 15.4. The van der Waals surface area contributed by atoms with Crippen LogP contribution in [0.4, 0.5) is 11.6 Å². The van der Waals surface area contributed by atoms with E-state index in [4.69, 9.17) is 4.74 Å². The average molecular weight is 333 g/mol. The Bertz CT molecular complexity index is 769. The fraction of sp³-hybridized carbons (Fsp3) is 0.312. The summed E-state index contributed by atoms with van der Waals surface area (Å²) in [6.07, 6.45) is 0. The first kappa shape index (κ1) is 15.8. The van der Waals surface area contributed by atoms with Crippen LogP contribution in [0.1, 0.15) is 5.56 Å². The Hall–Kier alpha value is -2.12. The van der Waals surface area contributed by atoms with Gasteiger partial charge in [0.05, 0.1) is 18.1 Å². The molecule has 0 spiro atoms. The molecule has 1 aliphatic heterocycles. The number of nitrogens with zero attached hydrogens (tertiary/aromatic N) is 2. The van der Waals surface area contributed by atoms with Crippen LogP contribution in [0.15, 0.2) is 47.4 Å². The van der Waals surface area contributed by atoms with Crippen LogP contribution in [0.5, 0.6) is 0 Å². The van der Waals surface area contributed by atoms with E-state index in [1.54, 1.807) is 36.4 Å². The van der Waals surface area contributed by atoms with Gasteiger partial charge in [0.15, 0.2) is 0 Å². The third-order valence-electron chi connectivity index (χ3n) is 3.64. The molecule has 0 unspecified atom stereocenters. The zero-order valence-electron chi connectivity index (χ0n) is 12.9. The average Bonchev–Trinajstić information content (AvgIpc) is 2.56. The molecule has 1 saturated heterocycles. The lowest BCUT2D eigenvalue weighted by molar-refractivity contribution is 0.122. The van der Waals surface area contributed by atoms with Crippen molar-refractivity contribution >= 4 is 21.7 Å². The second kappa shape index (κ2) is 6.55. The molecule has 122 valence electrons. The predicted octanol–water partition coefficient (Wildman–Crippen LogP) is 2.03. The number of aromatic nitrogens is 1. The third-order valence-corrected chi connectivity index (χ3v) is 5.01. The molecule has 23 heavy (non-hydrogen) atoms. The maximum Gasteiger partial charge on any atom is 0.263 e. The van der Waals surface area contributed by atoms with E-state index in [0.29, 0.717) is 19.0 Å². The van der Waals surface area contributed by atoms with E-state index < -0.39 is 10.0 Å². The molecule has 1 N–H and O–H groups in total. The Morgan fingerprint density at radius 3 is 2.48 bits per heavy atom. The molecule has 0 bridgehead atoms. The molecule has 2 aromatic rings. The van der Waals surface area contributed by atoms with E-state index in [-0.39, 0.29) is 4.90 Å². The molecule has 0 atom stereocenters. The smallest absolute Gasteiger partial charge is 0.263 e. The van der Waals surface area contributed by atoms with E-state index in [1.165, 1.54) is 0 Å². The van der Waals surface area contributed by atoms with Gasteiger partial charge in [-0.15, -0.1) is 0 Å². The number of ether oxygens (including phenoxy) is 1. The summed E-state index contributed by atoms with van der Waals surface area (Å²) >= 11 is 0. The summed E-state index contributed by atoms with van der Waals surface area (Å²) in [6.45, 7) is 4.72. The summed E-state index contributed by atoms with van der Waals surface area (Å²) in [5.74, 6) is 1.06. The van der Waals surface area contributed by atoms with Crippen LogP contribution >= 0.6 is 0 Å². The van der Waals surface area contributed by atoms with E-state index in [2.05, 4.69) is 14.6 Å². The van der Waals surface area contributed by atoms with E-state index in [9.17, 15) is 8.42 Å². The van der Waals surface area contributed by atoms with Gasteiger partial charge in [-0.1, -0.05) is 23.8 Å². The fourth-order valence-corrected chi connectivity index (χ4v) is 3.36. The second-order valence-electron chi connectivity index (χ2n) is 5.40. The van der Waals surface area contributed by atoms with Crippen molar-refractivity contribution in [3.05, 3.63) is 48.0 Å². The summed E-state index contributed by atoms with van der Waals surface area (Å²) < 4.78 is 32.7. The molecular formula is C16H19N3O3S. The quantitative estimate of drug-likeness (QED) is 0.927. The van der Waals surface area contributed by atoms with Crippen molar-refractivity contribution < 1.29 is 13.2 Å². The fourth-order valence-electron chi connectivity index (χ4n) is 2.36. The predicted molar refractivity (Wildman–Crippen MR) is 89.3 cm³/mol. The van der Waals surface area contributed by atoms with Gasteiger partial charge in [0.25, 0.3) is 10.0 Å². The van der Waals surface area contributed by atoms with E-state index >= 15 is 0 Å². The van der Waals surface area contributed by atoms with Crippen LogP contribution in [0.25, 0.3) is 0 Å². The lowest BCUT2D eigenvalue weighted by Crippen LogP contribution is -2.36. The molecule has 2 heterocycles. The van der Waals surface area contributed by atoms with Gasteiger partial charge < -0.3 is 9.64 Å². The highest BCUT2D eigenvalue weighted by Gasteiger charge is 2.16. The Kier molecular flexibility index (Phi) is 4.49. The number of anilines is 2. The number of rotatable bonds is 4. The molecule has 1 fully saturated rings. The number of sulfonamides is 1. The minimum Gasteiger partial charge on any atom is -0.378 e. The molecular weight excluding hydrogens is 314 g/mol. The summed E-state index contributed by atoms with van der Waals surface area (Å²) in [5.41, 5.74) is 1.01. The van der Waals surface area contributed by atoms with Crippen molar-refractivity contribution in [3.63, 3.8) is 0 Å². The molecule has 0 saturated carbocycles. The monoisotopic (exact) mass is 333 g/mol. The van der Waals surface area contributed by atoms with Crippen LogP contribution < -0.4 is 9.62 Å². The van der Waals surface area contributed by atoms with Crippen molar-refractivity contribution in [1.29, 1.82) is 0 Å².